The Kier molecular flexibility index (Phi) is 24.4. The van der Waals surface area contributed by atoms with Gasteiger partial charge in [-0.1, -0.05) is 46.1 Å². The van der Waals surface area contributed by atoms with Gasteiger partial charge in [-0.3, -0.25) is 4.79 Å². The predicted octanol–water partition coefficient (Wildman–Crippen LogP) is 4.93. The van der Waals surface area contributed by atoms with Crippen molar-refractivity contribution in [3.8, 4) is 0 Å². The number of fused-ring (bicyclic) bond motifs is 5. The second-order valence-electron chi connectivity index (χ2n) is 14.3. The summed E-state index contributed by atoms with van der Waals surface area (Å²) in [5, 5.41) is 12.0. The van der Waals surface area contributed by atoms with Crippen LogP contribution in [0.1, 0.15) is 74.7 Å². The van der Waals surface area contributed by atoms with Crippen molar-refractivity contribution in [3.05, 3.63) is 44.1 Å². The van der Waals surface area contributed by atoms with Crippen molar-refractivity contribution in [3.63, 3.8) is 0 Å². The number of esters is 1. The number of Topliss-reactive ketones (excluding diaryl/α,β-unsaturated/α-hetero) is 1. The van der Waals surface area contributed by atoms with Crippen molar-refractivity contribution in [1.82, 2.24) is 4.90 Å². The van der Waals surface area contributed by atoms with Crippen LogP contribution in [0.3, 0.4) is 0 Å². The molecule has 2 bridgehead atoms. The van der Waals surface area contributed by atoms with Crippen molar-refractivity contribution in [1.29, 1.82) is 0 Å². The monoisotopic (exact) mass is 931 g/mol. The van der Waals surface area contributed by atoms with E-state index in [-0.39, 0.29) is 149 Å². The number of methoxy groups -OCH3 is 1. The molecular formula is C37H62NO9Y3-3. The third-order valence-electron chi connectivity index (χ3n) is 10.4. The first-order valence-electron chi connectivity index (χ1n) is 16.7. The van der Waals surface area contributed by atoms with Gasteiger partial charge in [-0.2, -0.15) is 6.92 Å². The van der Waals surface area contributed by atoms with Crippen molar-refractivity contribution in [2.45, 2.75) is 129 Å². The van der Waals surface area contributed by atoms with E-state index in [9.17, 15) is 14.7 Å². The van der Waals surface area contributed by atoms with Gasteiger partial charge in [-0.25, -0.2) is 24.5 Å². The minimum atomic E-state index is -1.60. The largest absolute Gasteiger partial charge is 0.481 e. The molecule has 0 unspecified atom stereocenters. The van der Waals surface area contributed by atoms with Crippen molar-refractivity contribution in [2.75, 3.05) is 34.4 Å². The molecule has 0 spiro atoms. The maximum Gasteiger partial charge on any atom is 0.186 e. The number of hydrogen-bond donors (Lipinski definition) is 1. The summed E-state index contributed by atoms with van der Waals surface area (Å²) in [5.41, 5.74) is -1.09. The Hall–Kier alpha value is 1.39. The number of rotatable bonds is 5. The average molecular weight is 932 g/mol. The van der Waals surface area contributed by atoms with Gasteiger partial charge in [0.15, 0.2) is 12.3 Å². The standard InChI is InChI=1S/C36H59NO9.CH3.3Y/c1-14-26-21(4)17-35(9)31(46-34-30(41-13)27(37(11)12)16-22(5)44-34)24(7)29(38)25(8)33(39)45-28(15-2)36(10,40)32(23(26)6)42-18-20(3)19-43-35;;;;/h14,21-24,27-28,30-32,34,40H,1,3,15-19H2,2,4-13H3;1H3;;;/q-2;-1;;;/t21-,22-,23+,24+,27+,28-,30-,31-,32-,34+,35-,36-;;;;/m1..../s1. The zero-order chi connectivity index (χ0) is 34.7. The molecule has 10 nitrogen and oxygen atoms in total. The van der Waals surface area contributed by atoms with E-state index in [0.29, 0.717) is 18.4 Å². The Morgan fingerprint density at radius 2 is 1.70 bits per heavy atom. The van der Waals surface area contributed by atoms with Crippen LogP contribution in [0.5, 0.6) is 0 Å². The van der Waals surface area contributed by atoms with Gasteiger partial charge in [0.25, 0.3) is 0 Å². The fraction of sp³-hybridized carbons (Fsp3) is 0.757. The van der Waals surface area contributed by atoms with Crippen LogP contribution in [0.4, 0.5) is 0 Å². The van der Waals surface area contributed by atoms with Crippen LogP contribution < -0.4 is 0 Å². The van der Waals surface area contributed by atoms with Gasteiger partial charge < -0.3 is 50.6 Å². The molecule has 12 atom stereocenters. The Balaban J connectivity index is 0. The molecule has 0 saturated carbocycles. The van der Waals surface area contributed by atoms with Gasteiger partial charge in [0.2, 0.25) is 0 Å². The Morgan fingerprint density at radius 3 is 2.22 bits per heavy atom. The van der Waals surface area contributed by atoms with E-state index in [4.69, 9.17) is 28.4 Å². The minimum Gasteiger partial charge on any atom is -0.481 e. The van der Waals surface area contributed by atoms with Crippen LogP contribution in [0.15, 0.2) is 23.8 Å². The van der Waals surface area contributed by atoms with E-state index in [1.807, 2.05) is 47.9 Å². The molecule has 3 rings (SSSR count). The van der Waals surface area contributed by atoms with Crippen LogP contribution in [0.2, 0.25) is 0 Å². The number of hydrogen-bond acceptors (Lipinski definition) is 10. The predicted molar refractivity (Wildman–Crippen MR) is 182 cm³/mol. The number of carbonyl (C=O) groups is 2. The smallest absolute Gasteiger partial charge is 0.186 e. The normalized spacial score (nSPS) is 39.7. The summed E-state index contributed by atoms with van der Waals surface area (Å²) >= 11 is 0. The summed E-state index contributed by atoms with van der Waals surface area (Å²) < 4.78 is 38.3. The second-order valence-corrected chi connectivity index (χ2v) is 14.3. The number of cyclic esters (lactones) is 1. The third kappa shape index (κ3) is 12.2. The first-order chi connectivity index (χ1) is 21.4. The Morgan fingerprint density at radius 1 is 1.10 bits per heavy atom. The molecule has 1 N–H and O–H groups in total. The molecule has 3 saturated heterocycles. The van der Waals surface area contributed by atoms with E-state index in [0.717, 1.165) is 12.0 Å². The van der Waals surface area contributed by atoms with Crippen molar-refractivity contribution < 1.29 is 141 Å². The molecule has 50 heavy (non-hydrogen) atoms. The fourth-order valence-electron chi connectivity index (χ4n) is 7.76. The van der Waals surface area contributed by atoms with Gasteiger partial charge in [-0.15, -0.1) is 0 Å². The molecule has 13 heteroatoms. The topological polar surface area (TPSA) is 113 Å². The fourth-order valence-corrected chi connectivity index (χ4v) is 7.76. The van der Waals surface area contributed by atoms with Crippen LogP contribution in [0.25, 0.3) is 0 Å². The molecule has 3 aliphatic rings. The second kappa shape index (κ2) is 22.8. The number of carbonyl (C=O) groups excluding carboxylic acids is 2. The quantitative estimate of drug-likeness (QED) is 0.232. The number of allylic oxidation sites excluding steroid dienone is 1. The molecule has 0 aromatic rings. The summed E-state index contributed by atoms with van der Waals surface area (Å²) in [7, 11) is 5.62. The summed E-state index contributed by atoms with van der Waals surface area (Å²) in [6.45, 7) is 23.3. The van der Waals surface area contributed by atoms with Gasteiger partial charge >= 0.3 is 0 Å². The number of aliphatic hydroxyl groups is 1. The van der Waals surface area contributed by atoms with E-state index < -0.39 is 59.6 Å². The van der Waals surface area contributed by atoms with Gasteiger partial charge in [0, 0.05) is 123 Å². The molecule has 0 aromatic heterocycles. The molecule has 3 radical (unpaired) electrons. The van der Waals surface area contributed by atoms with Crippen LogP contribution in [0, 0.1) is 38.0 Å². The molecule has 3 fully saturated rings. The SMILES string of the molecule is C=C1CO[C@@H]2[C@@H](C)C(=C[CH2-])[C@H](C)C[C@@](C)(OC1)[C@H](O[C@@H]1O[C@H](C)C[C@H](N(C)C)[C@H]1OC)[C@@H](C)C(=O)[C-](C)C(=O)O[C@H](CC)[C@@]2(C)O.[CH3-].[Y].[Y].[Y]. The number of likely N-dealkylation sites (N-methyl/N-ethyl adjacent to an activating group) is 1. The van der Waals surface area contributed by atoms with Gasteiger partial charge in [-0.05, 0) is 59.7 Å². The number of nitrogens with zero attached hydrogens (tertiary/aromatic N) is 1. The number of ether oxygens (including phenoxy) is 6. The molecule has 0 aromatic carbocycles. The molecule has 281 valence electrons. The van der Waals surface area contributed by atoms with Crippen LogP contribution in [-0.4, -0.2) is 110 Å². The summed E-state index contributed by atoms with van der Waals surface area (Å²) in [4.78, 5) is 29.9. The van der Waals surface area contributed by atoms with Gasteiger partial charge in [0.1, 0.15) is 17.8 Å². The summed E-state index contributed by atoms with van der Waals surface area (Å²) in [6, 6.07) is 0.000861. The average Bonchev–Trinajstić information content (AvgIpc) is 3.00. The molecule has 3 heterocycles. The molecular weight excluding hydrogens is 869 g/mol. The maximum atomic E-state index is 14.2. The van der Waals surface area contributed by atoms with Crippen LogP contribution in [-0.2, 0) is 136 Å². The Labute approximate surface area is 378 Å². The first kappa shape index (κ1) is 53.5. The van der Waals surface area contributed by atoms with Gasteiger partial charge in [0.05, 0.1) is 37.1 Å². The van der Waals surface area contributed by atoms with E-state index in [1.54, 1.807) is 21.0 Å². The van der Waals surface area contributed by atoms with E-state index >= 15 is 0 Å². The van der Waals surface area contributed by atoms with E-state index in [2.05, 4.69) is 25.3 Å². The number of ketones is 1. The summed E-state index contributed by atoms with van der Waals surface area (Å²) in [6.07, 6.45) is -0.729. The first-order valence-corrected chi connectivity index (χ1v) is 16.7. The van der Waals surface area contributed by atoms with Crippen molar-refractivity contribution >= 4 is 11.8 Å². The zero-order valence-electron chi connectivity index (χ0n) is 32.7. The molecule has 0 amide bonds. The molecule has 0 aliphatic carbocycles. The van der Waals surface area contributed by atoms with Crippen LogP contribution >= 0.6 is 0 Å². The van der Waals surface area contributed by atoms with E-state index in [1.165, 1.54) is 6.92 Å². The Bertz CT molecular complexity index is 1120. The zero-order valence-corrected chi connectivity index (χ0v) is 41.2. The maximum absolute atomic E-state index is 14.2. The summed E-state index contributed by atoms with van der Waals surface area (Å²) in [5.74, 6) is -2.62. The van der Waals surface area contributed by atoms with Crippen molar-refractivity contribution in [2.24, 2.45) is 17.8 Å². The molecule has 3 aliphatic heterocycles. The minimum absolute atomic E-state index is 0. The third-order valence-corrected chi connectivity index (χ3v) is 10.4.